The van der Waals surface area contributed by atoms with Gasteiger partial charge in [0.25, 0.3) is 0 Å². The second-order valence-corrected chi connectivity index (χ2v) is 6.49. The molecule has 0 bridgehead atoms. The van der Waals surface area contributed by atoms with E-state index in [1.807, 2.05) is 0 Å². The van der Waals surface area contributed by atoms with Crippen LogP contribution in [0.2, 0.25) is 0 Å². The van der Waals surface area contributed by atoms with Crippen molar-refractivity contribution >= 4 is 0 Å². The Kier molecular flexibility index (Phi) is 7.18. The lowest BCUT2D eigenvalue weighted by molar-refractivity contribution is 0.274. The van der Waals surface area contributed by atoms with Gasteiger partial charge in [-0.25, -0.2) is 0 Å². The highest BCUT2D eigenvalue weighted by Gasteiger charge is 2.15. The molecule has 0 spiro atoms. The van der Waals surface area contributed by atoms with Gasteiger partial charge < -0.3 is 15.5 Å². The molecule has 2 saturated heterocycles. The molecular weight excluding hydrogens is 234 g/mol. The summed E-state index contributed by atoms with van der Waals surface area (Å²) < 4.78 is 0. The molecule has 2 N–H and O–H groups in total. The van der Waals surface area contributed by atoms with E-state index in [1.54, 1.807) is 0 Å². The molecule has 0 radical (unpaired) electrons. The van der Waals surface area contributed by atoms with Crippen LogP contribution in [0.4, 0.5) is 0 Å². The standard InChI is InChI=1S/C16H33N3/c1-15(14-16-8-4-5-9-18-16)17-10-13-19-11-6-2-3-7-12-19/h15-18H,2-14H2,1H3. The summed E-state index contributed by atoms with van der Waals surface area (Å²) >= 11 is 0. The third-order valence-electron chi connectivity index (χ3n) is 4.67. The molecule has 0 aromatic heterocycles. The molecule has 2 unspecified atom stereocenters. The van der Waals surface area contributed by atoms with Gasteiger partial charge in [-0.2, -0.15) is 0 Å². The molecular formula is C16H33N3. The van der Waals surface area contributed by atoms with Crippen molar-refractivity contribution in [2.24, 2.45) is 0 Å². The van der Waals surface area contributed by atoms with Crippen LogP contribution >= 0.6 is 0 Å². The zero-order valence-electron chi connectivity index (χ0n) is 12.8. The number of hydrogen-bond donors (Lipinski definition) is 2. The molecule has 112 valence electrons. The maximum atomic E-state index is 3.72. The van der Waals surface area contributed by atoms with Crippen molar-refractivity contribution < 1.29 is 0 Å². The summed E-state index contributed by atoms with van der Waals surface area (Å²) in [7, 11) is 0. The first-order valence-corrected chi connectivity index (χ1v) is 8.54. The zero-order chi connectivity index (χ0) is 13.3. The van der Waals surface area contributed by atoms with Crippen LogP contribution in [0.25, 0.3) is 0 Å². The van der Waals surface area contributed by atoms with Crippen molar-refractivity contribution in [3.63, 3.8) is 0 Å². The Morgan fingerprint density at radius 2 is 1.89 bits per heavy atom. The van der Waals surface area contributed by atoms with Crippen LogP contribution < -0.4 is 10.6 Å². The normalized spacial score (nSPS) is 27.9. The number of piperidine rings is 1. The highest BCUT2D eigenvalue weighted by Crippen LogP contribution is 2.12. The molecule has 0 aromatic rings. The molecule has 0 aliphatic carbocycles. The smallest absolute Gasteiger partial charge is 0.0107 e. The summed E-state index contributed by atoms with van der Waals surface area (Å²) in [4.78, 5) is 2.64. The van der Waals surface area contributed by atoms with Gasteiger partial charge in [-0.1, -0.05) is 19.3 Å². The predicted molar refractivity (Wildman–Crippen MR) is 82.6 cm³/mol. The molecule has 0 saturated carbocycles. The first-order valence-electron chi connectivity index (χ1n) is 8.54. The minimum atomic E-state index is 0.655. The molecule has 19 heavy (non-hydrogen) atoms. The number of nitrogens with one attached hydrogen (secondary N) is 2. The van der Waals surface area contributed by atoms with Crippen LogP contribution in [-0.2, 0) is 0 Å². The fraction of sp³-hybridized carbons (Fsp3) is 1.00. The van der Waals surface area contributed by atoms with Crippen LogP contribution in [0.5, 0.6) is 0 Å². The van der Waals surface area contributed by atoms with E-state index in [4.69, 9.17) is 0 Å². The van der Waals surface area contributed by atoms with Gasteiger partial charge in [0.15, 0.2) is 0 Å². The van der Waals surface area contributed by atoms with Gasteiger partial charge in [-0.05, 0) is 58.7 Å². The molecule has 0 aromatic carbocycles. The highest BCUT2D eigenvalue weighted by atomic mass is 15.1. The first kappa shape index (κ1) is 15.3. The van der Waals surface area contributed by atoms with Gasteiger partial charge in [0.2, 0.25) is 0 Å². The molecule has 3 heteroatoms. The lowest BCUT2D eigenvalue weighted by Crippen LogP contribution is -2.42. The molecule has 2 aliphatic heterocycles. The second kappa shape index (κ2) is 8.93. The summed E-state index contributed by atoms with van der Waals surface area (Å²) in [5, 5.41) is 7.36. The molecule has 2 aliphatic rings. The van der Waals surface area contributed by atoms with Gasteiger partial charge in [0, 0.05) is 25.2 Å². The van der Waals surface area contributed by atoms with Crippen molar-refractivity contribution in [3.8, 4) is 0 Å². The predicted octanol–water partition coefficient (Wildman–Crippen LogP) is 2.37. The Morgan fingerprint density at radius 3 is 2.58 bits per heavy atom. The van der Waals surface area contributed by atoms with Crippen LogP contribution in [-0.4, -0.2) is 49.7 Å². The Morgan fingerprint density at radius 1 is 1.11 bits per heavy atom. The van der Waals surface area contributed by atoms with Gasteiger partial charge in [-0.15, -0.1) is 0 Å². The SMILES string of the molecule is CC(CC1CCCCN1)NCCN1CCCCCC1. The van der Waals surface area contributed by atoms with E-state index in [0.717, 1.165) is 12.6 Å². The summed E-state index contributed by atoms with van der Waals surface area (Å²) in [6.07, 6.45) is 11.1. The number of hydrogen-bond acceptors (Lipinski definition) is 3. The summed E-state index contributed by atoms with van der Waals surface area (Å²) in [5.74, 6) is 0. The van der Waals surface area contributed by atoms with E-state index >= 15 is 0 Å². The minimum absolute atomic E-state index is 0.655. The Labute approximate surface area is 119 Å². The maximum Gasteiger partial charge on any atom is 0.0107 e. The van der Waals surface area contributed by atoms with Crippen molar-refractivity contribution in [2.75, 3.05) is 32.7 Å². The number of rotatable bonds is 6. The van der Waals surface area contributed by atoms with E-state index in [0.29, 0.717) is 6.04 Å². The fourth-order valence-corrected chi connectivity index (χ4v) is 3.46. The molecule has 0 amide bonds. The summed E-state index contributed by atoms with van der Waals surface area (Å²) in [6.45, 7) is 8.61. The number of likely N-dealkylation sites (tertiary alicyclic amines) is 1. The van der Waals surface area contributed by atoms with Gasteiger partial charge in [0.1, 0.15) is 0 Å². The van der Waals surface area contributed by atoms with Crippen molar-refractivity contribution in [1.82, 2.24) is 15.5 Å². The van der Waals surface area contributed by atoms with Crippen molar-refractivity contribution in [2.45, 2.75) is 70.4 Å². The topological polar surface area (TPSA) is 27.3 Å². The Bertz CT molecular complexity index is 218. The quantitative estimate of drug-likeness (QED) is 0.774. The molecule has 2 fully saturated rings. The van der Waals surface area contributed by atoms with E-state index in [9.17, 15) is 0 Å². The largest absolute Gasteiger partial charge is 0.314 e. The highest BCUT2D eigenvalue weighted by molar-refractivity contribution is 4.77. The van der Waals surface area contributed by atoms with Crippen molar-refractivity contribution in [1.29, 1.82) is 0 Å². The summed E-state index contributed by atoms with van der Waals surface area (Å²) in [5.41, 5.74) is 0. The Hall–Kier alpha value is -0.120. The molecule has 2 atom stereocenters. The van der Waals surface area contributed by atoms with Crippen LogP contribution in [0.15, 0.2) is 0 Å². The zero-order valence-corrected chi connectivity index (χ0v) is 12.8. The minimum Gasteiger partial charge on any atom is -0.314 e. The third kappa shape index (κ3) is 6.24. The van der Waals surface area contributed by atoms with E-state index in [-0.39, 0.29) is 0 Å². The van der Waals surface area contributed by atoms with Crippen LogP contribution in [0, 0.1) is 0 Å². The van der Waals surface area contributed by atoms with Gasteiger partial charge in [-0.3, -0.25) is 0 Å². The average Bonchev–Trinajstić information content (AvgIpc) is 2.68. The summed E-state index contributed by atoms with van der Waals surface area (Å²) in [6, 6.07) is 1.41. The van der Waals surface area contributed by atoms with E-state index < -0.39 is 0 Å². The molecule has 2 rings (SSSR count). The van der Waals surface area contributed by atoms with Gasteiger partial charge in [0.05, 0.1) is 0 Å². The van der Waals surface area contributed by atoms with E-state index in [2.05, 4.69) is 22.5 Å². The lowest BCUT2D eigenvalue weighted by atomic mass is 9.99. The van der Waals surface area contributed by atoms with Crippen LogP contribution in [0.3, 0.4) is 0 Å². The van der Waals surface area contributed by atoms with Crippen molar-refractivity contribution in [3.05, 3.63) is 0 Å². The average molecular weight is 267 g/mol. The fourth-order valence-electron chi connectivity index (χ4n) is 3.46. The van der Waals surface area contributed by atoms with Gasteiger partial charge >= 0.3 is 0 Å². The monoisotopic (exact) mass is 267 g/mol. The third-order valence-corrected chi connectivity index (χ3v) is 4.67. The molecule has 3 nitrogen and oxygen atoms in total. The molecule has 2 heterocycles. The number of nitrogens with zero attached hydrogens (tertiary/aromatic N) is 1. The Balaban J connectivity index is 1.53. The van der Waals surface area contributed by atoms with Crippen LogP contribution in [0.1, 0.15) is 58.3 Å². The lowest BCUT2D eigenvalue weighted by Gasteiger charge is -2.27. The maximum absolute atomic E-state index is 3.72. The van der Waals surface area contributed by atoms with E-state index in [1.165, 1.54) is 77.5 Å². The second-order valence-electron chi connectivity index (χ2n) is 6.49. The first-order chi connectivity index (χ1) is 9.34.